The van der Waals surface area contributed by atoms with E-state index in [4.69, 9.17) is 4.74 Å². The summed E-state index contributed by atoms with van der Waals surface area (Å²) in [4.78, 5) is 28.8. The average molecular weight is 413 g/mol. The van der Waals surface area contributed by atoms with E-state index in [1.54, 1.807) is 7.11 Å². The van der Waals surface area contributed by atoms with E-state index in [0.717, 1.165) is 32.5 Å². The van der Waals surface area contributed by atoms with E-state index < -0.39 is 0 Å². The number of methoxy groups -OCH3 is 1. The second kappa shape index (κ2) is 7.85. The molecule has 0 aliphatic carbocycles. The first kappa shape index (κ1) is 18.8. The van der Waals surface area contributed by atoms with Crippen molar-refractivity contribution < 1.29 is 9.53 Å². The fourth-order valence-corrected chi connectivity index (χ4v) is 5.80. The van der Waals surface area contributed by atoms with Crippen molar-refractivity contribution in [2.24, 2.45) is 5.92 Å². The Kier molecular flexibility index (Phi) is 5.28. The topological polar surface area (TPSA) is 71.2 Å². The maximum atomic E-state index is 13.1. The zero-order valence-corrected chi connectivity index (χ0v) is 17.2. The molecular weight excluding hydrogens is 392 g/mol. The highest BCUT2D eigenvalue weighted by atomic mass is 32.2. The number of benzene rings is 2. The Hall–Kier alpha value is -2.51. The number of anilines is 1. The molecule has 2 N–H and O–H groups in total. The number of carbonyl (C=O) groups excluding carboxylic acids is 1. The van der Waals surface area contributed by atoms with Gasteiger partial charge in [-0.1, -0.05) is 41.2 Å². The van der Waals surface area contributed by atoms with Crippen molar-refractivity contribution in [1.82, 2.24) is 4.98 Å². The number of hydrogen-bond donors (Lipinski definition) is 2. The summed E-state index contributed by atoms with van der Waals surface area (Å²) >= 11 is 2.72. The predicted molar refractivity (Wildman–Crippen MR) is 114 cm³/mol. The maximum Gasteiger partial charge on any atom is 0.305 e. The number of aryl methyl sites for hydroxylation is 1. The first-order valence-corrected chi connectivity index (χ1v) is 10.7. The van der Waals surface area contributed by atoms with Crippen LogP contribution in [0, 0.1) is 12.8 Å². The van der Waals surface area contributed by atoms with Crippen molar-refractivity contribution in [3.63, 3.8) is 0 Å². The summed E-state index contributed by atoms with van der Waals surface area (Å²) in [6, 6.07) is 15.5. The van der Waals surface area contributed by atoms with Gasteiger partial charge in [0.15, 0.2) is 0 Å². The predicted octanol–water partition coefficient (Wildman–Crippen LogP) is 4.25. The number of ether oxygens (including phenoxy) is 1. The quantitative estimate of drug-likeness (QED) is 0.672. The van der Waals surface area contributed by atoms with E-state index in [0.29, 0.717) is 5.75 Å². The number of amides is 1. The van der Waals surface area contributed by atoms with Crippen LogP contribution in [-0.2, 0) is 4.79 Å². The molecule has 0 spiro atoms. The van der Waals surface area contributed by atoms with Crippen LogP contribution >= 0.6 is 23.1 Å². The Morgan fingerprint density at radius 1 is 1.14 bits per heavy atom. The molecule has 28 heavy (non-hydrogen) atoms. The van der Waals surface area contributed by atoms with E-state index >= 15 is 0 Å². The molecule has 1 amide bonds. The zero-order chi connectivity index (χ0) is 19.7. The molecule has 0 bridgehead atoms. The van der Waals surface area contributed by atoms with Crippen molar-refractivity contribution in [3.05, 3.63) is 74.2 Å². The molecule has 1 aromatic heterocycles. The van der Waals surface area contributed by atoms with Crippen LogP contribution in [0.2, 0.25) is 0 Å². The fourth-order valence-electron chi connectivity index (χ4n) is 3.38. The average Bonchev–Trinajstić information content (AvgIpc) is 3.09. The van der Waals surface area contributed by atoms with Crippen LogP contribution in [0.1, 0.15) is 21.9 Å². The molecule has 1 aliphatic rings. The largest absolute Gasteiger partial charge is 0.497 e. The summed E-state index contributed by atoms with van der Waals surface area (Å²) in [7, 11) is 1.63. The molecule has 2 atom stereocenters. The van der Waals surface area contributed by atoms with Crippen LogP contribution in [0.25, 0.3) is 0 Å². The highest BCUT2D eigenvalue weighted by Gasteiger charge is 2.38. The second-order valence-corrected chi connectivity index (χ2v) is 8.78. The van der Waals surface area contributed by atoms with Gasteiger partial charge in [-0.2, -0.15) is 0 Å². The minimum absolute atomic E-state index is 0.0383. The fraction of sp³-hybridized carbons (Fsp3) is 0.238. The van der Waals surface area contributed by atoms with Gasteiger partial charge in [-0.3, -0.25) is 9.59 Å². The number of aromatic nitrogens is 1. The van der Waals surface area contributed by atoms with E-state index in [9.17, 15) is 9.59 Å². The summed E-state index contributed by atoms with van der Waals surface area (Å²) in [5.74, 6) is 0.879. The molecule has 0 saturated carbocycles. The van der Waals surface area contributed by atoms with Crippen LogP contribution in [0.5, 0.6) is 5.75 Å². The number of fused-ring (bicyclic) bond motifs is 1. The number of thiazole rings is 1. The molecule has 0 saturated heterocycles. The van der Waals surface area contributed by atoms with Gasteiger partial charge in [-0.25, -0.2) is 0 Å². The van der Waals surface area contributed by atoms with Crippen LogP contribution in [0.4, 0.5) is 5.69 Å². The number of nitrogens with one attached hydrogen (secondary N) is 2. The second-order valence-electron chi connectivity index (χ2n) is 6.73. The van der Waals surface area contributed by atoms with Gasteiger partial charge < -0.3 is 15.0 Å². The third-order valence-electron chi connectivity index (χ3n) is 4.86. The van der Waals surface area contributed by atoms with E-state index in [1.807, 2.05) is 55.5 Å². The molecule has 144 valence electrons. The molecule has 2 heterocycles. The summed E-state index contributed by atoms with van der Waals surface area (Å²) in [5, 5.41) is 3.91. The lowest BCUT2D eigenvalue weighted by Gasteiger charge is -2.30. The van der Waals surface area contributed by atoms with Crippen molar-refractivity contribution in [2.45, 2.75) is 17.9 Å². The standard InChI is InChI=1S/C21H20N2O3S2/c1-12-3-7-14(8-4-12)22-19(24)16-11-27-20-18(28-21(25)23-20)17(16)13-5-9-15(26-2)10-6-13/h3-10,16-17H,11H2,1-2H3,(H,22,24)(H,23,25)/t16-,17+/m1/s1. The Morgan fingerprint density at radius 2 is 1.86 bits per heavy atom. The van der Waals surface area contributed by atoms with Gasteiger partial charge in [-0.15, -0.1) is 11.8 Å². The Balaban J connectivity index is 1.68. The first-order chi connectivity index (χ1) is 13.5. The molecule has 2 aromatic carbocycles. The normalized spacial score (nSPS) is 18.4. The lowest BCUT2D eigenvalue weighted by Crippen LogP contribution is -2.32. The van der Waals surface area contributed by atoms with Crippen LogP contribution in [0.15, 0.2) is 58.4 Å². The maximum absolute atomic E-state index is 13.1. The number of aromatic amines is 1. The van der Waals surface area contributed by atoms with Gasteiger partial charge in [-0.05, 0) is 36.8 Å². The number of thioether (sulfide) groups is 1. The lowest BCUT2D eigenvalue weighted by molar-refractivity contribution is -0.119. The van der Waals surface area contributed by atoms with Crippen LogP contribution < -0.4 is 14.9 Å². The molecule has 0 unspecified atom stereocenters. The highest BCUT2D eigenvalue weighted by Crippen LogP contribution is 2.45. The Bertz CT molecular complexity index is 1040. The van der Waals surface area contributed by atoms with Gasteiger partial charge in [0.1, 0.15) is 5.75 Å². The van der Waals surface area contributed by atoms with Crippen molar-refractivity contribution >= 4 is 34.7 Å². The summed E-state index contributed by atoms with van der Waals surface area (Å²) < 4.78 is 5.26. The van der Waals surface area contributed by atoms with Crippen molar-refractivity contribution in [2.75, 3.05) is 18.2 Å². The molecule has 0 radical (unpaired) electrons. The molecule has 0 fully saturated rings. The third-order valence-corrected chi connectivity index (χ3v) is 7.10. The van der Waals surface area contributed by atoms with Crippen molar-refractivity contribution in [3.8, 4) is 5.75 Å². The van der Waals surface area contributed by atoms with Crippen LogP contribution in [-0.4, -0.2) is 23.8 Å². The Labute approximate surface area is 171 Å². The minimum atomic E-state index is -0.279. The Morgan fingerprint density at radius 3 is 2.54 bits per heavy atom. The number of rotatable bonds is 4. The van der Waals surface area contributed by atoms with E-state index in [-0.39, 0.29) is 22.6 Å². The van der Waals surface area contributed by atoms with Gasteiger partial charge >= 0.3 is 4.87 Å². The third kappa shape index (κ3) is 3.72. The lowest BCUT2D eigenvalue weighted by atomic mass is 9.85. The number of H-pyrrole nitrogens is 1. The monoisotopic (exact) mass is 412 g/mol. The smallest absolute Gasteiger partial charge is 0.305 e. The number of carbonyl (C=O) groups is 1. The number of hydrogen-bond acceptors (Lipinski definition) is 5. The van der Waals surface area contributed by atoms with E-state index in [1.165, 1.54) is 23.1 Å². The van der Waals surface area contributed by atoms with Gasteiger partial charge in [0.05, 0.1) is 18.1 Å². The molecule has 5 nitrogen and oxygen atoms in total. The van der Waals surface area contributed by atoms with E-state index in [2.05, 4.69) is 10.3 Å². The zero-order valence-electron chi connectivity index (χ0n) is 15.5. The summed E-state index contributed by atoms with van der Waals surface area (Å²) in [6.07, 6.45) is 0. The SMILES string of the molecule is COc1ccc([C@@H]2c3sc(=O)[nH]c3SC[C@H]2C(=O)Nc2ccc(C)cc2)cc1. The minimum Gasteiger partial charge on any atom is -0.497 e. The molecule has 1 aliphatic heterocycles. The highest BCUT2D eigenvalue weighted by molar-refractivity contribution is 7.99. The summed E-state index contributed by atoms with van der Waals surface area (Å²) in [6.45, 7) is 2.01. The molecular formula is C21H20N2O3S2. The van der Waals surface area contributed by atoms with Gasteiger partial charge in [0.25, 0.3) is 0 Å². The van der Waals surface area contributed by atoms with Crippen LogP contribution in [0.3, 0.4) is 0 Å². The molecule has 3 aromatic rings. The molecule has 7 heteroatoms. The van der Waals surface area contributed by atoms with Gasteiger partial charge in [0, 0.05) is 22.2 Å². The molecule has 4 rings (SSSR count). The van der Waals surface area contributed by atoms with Crippen molar-refractivity contribution in [1.29, 1.82) is 0 Å². The van der Waals surface area contributed by atoms with Gasteiger partial charge in [0.2, 0.25) is 5.91 Å². The summed E-state index contributed by atoms with van der Waals surface area (Å²) in [5.41, 5.74) is 2.92. The first-order valence-electron chi connectivity index (χ1n) is 8.92.